The summed E-state index contributed by atoms with van der Waals surface area (Å²) in [5.41, 5.74) is 1.31. The van der Waals surface area contributed by atoms with E-state index in [4.69, 9.17) is 9.47 Å². The summed E-state index contributed by atoms with van der Waals surface area (Å²) in [7, 11) is -0.737. The lowest BCUT2D eigenvalue weighted by Crippen LogP contribution is -2.35. The minimum atomic E-state index is -3.70. The Bertz CT molecular complexity index is 1130. The monoisotopic (exact) mass is 444 g/mol. The van der Waals surface area contributed by atoms with E-state index < -0.39 is 15.9 Å². The highest BCUT2D eigenvalue weighted by atomic mass is 32.2. The number of anilines is 1. The molecule has 2 N–H and O–H groups in total. The number of benzene rings is 2. The van der Waals surface area contributed by atoms with Crippen LogP contribution in [0.3, 0.4) is 0 Å². The summed E-state index contributed by atoms with van der Waals surface area (Å²) < 4.78 is 39.1. The Kier molecular flexibility index (Phi) is 7.06. The summed E-state index contributed by atoms with van der Waals surface area (Å²) in [5.74, 6) is -0.161. The number of rotatable bonds is 9. The minimum Gasteiger partial charge on any atom is -0.493 e. The van der Waals surface area contributed by atoms with Gasteiger partial charge in [0.15, 0.2) is 11.4 Å². The number of para-hydroxylation sites is 1. The highest BCUT2D eigenvalue weighted by Crippen LogP contribution is 2.21. The third-order valence-corrected chi connectivity index (χ3v) is 5.94. The van der Waals surface area contributed by atoms with E-state index in [9.17, 15) is 13.2 Å². The lowest BCUT2D eigenvalue weighted by Gasteiger charge is -2.13. The molecular formula is C21H24N4O5S. The van der Waals surface area contributed by atoms with E-state index in [1.54, 1.807) is 17.8 Å². The highest BCUT2D eigenvalue weighted by molar-refractivity contribution is 7.89. The maximum absolute atomic E-state index is 12.7. The average Bonchev–Trinajstić information content (AvgIpc) is 3.19. The van der Waals surface area contributed by atoms with Crippen molar-refractivity contribution in [3.63, 3.8) is 0 Å². The van der Waals surface area contributed by atoms with Crippen LogP contribution in [0.1, 0.15) is 17.4 Å². The van der Waals surface area contributed by atoms with Gasteiger partial charge in [0.05, 0.1) is 30.5 Å². The molecule has 0 radical (unpaired) electrons. The van der Waals surface area contributed by atoms with E-state index in [1.807, 2.05) is 30.3 Å². The number of methoxy groups -OCH3 is 2. The molecule has 0 fully saturated rings. The third kappa shape index (κ3) is 5.48. The Labute approximate surface area is 181 Å². The van der Waals surface area contributed by atoms with E-state index in [0.29, 0.717) is 11.4 Å². The summed E-state index contributed by atoms with van der Waals surface area (Å²) >= 11 is 0. The van der Waals surface area contributed by atoms with Crippen LogP contribution in [0.5, 0.6) is 5.75 Å². The highest BCUT2D eigenvalue weighted by Gasteiger charge is 2.20. The van der Waals surface area contributed by atoms with Gasteiger partial charge in [0, 0.05) is 18.8 Å². The smallest absolute Gasteiger partial charge is 0.280 e. The zero-order valence-electron chi connectivity index (χ0n) is 17.4. The molecule has 1 aromatic heterocycles. The fourth-order valence-electron chi connectivity index (χ4n) is 2.90. The summed E-state index contributed by atoms with van der Waals surface area (Å²) in [6.45, 7) is 1.96. The molecular weight excluding hydrogens is 420 g/mol. The molecule has 1 amide bonds. The molecule has 0 saturated carbocycles. The van der Waals surface area contributed by atoms with Gasteiger partial charge < -0.3 is 14.8 Å². The molecule has 10 heteroatoms. The Hall–Kier alpha value is -3.21. The fourth-order valence-corrected chi connectivity index (χ4v) is 4.13. The van der Waals surface area contributed by atoms with Gasteiger partial charge in [0.2, 0.25) is 10.0 Å². The minimum absolute atomic E-state index is 0.0828. The number of nitrogens with one attached hydrogen (secondary N) is 2. The van der Waals surface area contributed by atoms with Crippen LogP contribution >= 0.6 is 0 Å². The first-order chi connectivity index (χ1) is 14.8. The van der Waals surface area contributed by atoms with Crippen molar-refractivity contribution >= 4 is 21.6 Å². The summed E-state index contributed by atoms with van der Waals surface area (Å²) in [4.78, 5) is 12.8. The molecule has 3 rings (SSSR count). The van der Waals surface area contributed by atoms with Crippen molar-refractivity contribution in [3.8, 4) is 11.4 Å². The molecule has 164 valence electrons. The number of carbonyl (C=O) groups excluding carboxylic acids is 1. The van der Waals surface area contributed by atoms with Crippen molar-refractivity contribution in [1.29, 1.82) is 0 Å². The van der Waals surface area contributed by atoms with Crippen molar-refractivity contribution < 1.29 is 22.7 Å². The predicted molar refractivity (Wildman–Crippen MR) is 116 cm³/mol. The zero-order valence-corrected chi connectivity index (χ0v) is 18.2. The molecule has 1 heterocycles. The first-order valence-electron chi connectivity index (χ1n) is 9.46. The van der Waals surface area contributed by atoms with Gasteiger partial charge in [-0.15, -0.1) is 0 Å². The summed E-state index contributed by atoms with van der Waals surface area (Å²) in [6, 6.07) is 14.8. The van der Waals surface area contributed by atoms with Crippen molar-refractivity contribution in [1.82, 2.24) is 14.5 Å². The largest absolute Gasteiger partial charge is 0.493 e. The number of sulfonamides is 1. The van der Waals surface area contributed by atoms with Crippen LogP contribution in [0, 0.1) is 0 Å². The van der Waals surface area contributed by atoms with Crippen LogP contribution in [-0.4, -0.2) is 51.0 Å². The predicted octanol–water partition coefficient (Wildman–Crippen LogP) is 2.45. The van der Waals surface area contributed by atoms with Gasteiger partial charge in [-0.05, 0) is 43.3 Å². The Morgan fingerprint density at radius 1 is 1.10 bits per heavy atom. The van der Waals surface area contributed by atoms with Gasteiger partial charge in [-0.25, -0.2) is 17.8 Å². The molecule has 0 spiro atoms. The van der Waals surface area contributed by atoms with Crippen molar-refractivity contribution in [2.75, 3.05) is 26.1 Å². The standard InChI is InChI=1S/C21H24N4O5S/c1-15(14-29-2)24-31(27,28)18-11-9-16(10-12-18)22-21(26)20-19(30-3)13-25(23-20)17-7-5-4-6-8-17/h4-13,15,24H,14H2,1-3H3,(H,22,26). The van der Waals surface area contributed by atoms with Crippen LogP contribution in [0.25, 0.3) is 5.69 Å². The Morgan fingerprint density at radius 2 is 1.77 bits per heavy atom. The zero-order chi connectivity index (χ0) is 22.4. The molecule has 0 aliphatic heterocycles. The lowest BCUT2D eigenvalue weighted by atomic mass is 10.3. The molecule has 1 atom stereocenters. The van der Waals surface area contributed by atoms with Crippen molar-refractivity contribution in [2.24, 2.45) is 0 Å². The number of amides is 1. The van der Waals surface area contributed by atoms with Crippen LogP contribution in [-0.2, 0) is 14.8 Å². The van der Waals surface area contributed by atoms with E-state index in [2.05, 4.69) is 15.1 Å². The van der Waals surface area contributed by atoms with E-state index in [0.717, 1.165) is 5.69 Å². The summed E-state index contributed by atoms with van der Waals surface area (Å²) in [5, 5.41) is 7.02. The van der Waals surface area contributed by atoms with E-state index in [1.165, 1.54) is 38.5 Å². The second-order valence-corrected chi connectivity index (χ2v) is 8.50. The maximum Gasteiger partial charge on any atom is 0.280 e. The second kappa shape index (κ2) is 9.73. The number of hydrogen-bond donors (Lipinski definition) is 2. The Morgan fingerprint density at radius 3 is 2.39 bits per heavy atom. The van der Waals surface area contributed by atoms with E-state index in [-0.39, 0.29) is 23.2 Å². The molecule has 9 nitrogen and oxygen atoms in total. The summed E-state index contributed by atoms with van der Waals surface area (Å²) in [6.07, 6.45) is 1.62. The normalized spacial score (nSPS) is 12.4. The number of carbonyl (C=O) groups is 1. The van der Waals surface area contributed by atoms with E-state index >= 15 is 0 Å². The second-order valence-electron chi connectivity index (χ2n) is 6.78. The van der Waals surface area contributed by atoms with Crippen LogP contribution in [0.15, 0.2) is 65.7 Å². The van der Waals surface area contributed by atoms with Gasteiger partial charge >= 0.3 is 0 Å². The van der Waals surface area contributed by atoms with Gasteiger partial charge in [-0.1, -0.05) is 18.2 Å². The Balaban J connectivity index is 1.75. The van der Waals surface area contributed by atoms with Crippen LogP contribution in [0.2, 0.25) is 0 Å². The lowest BCUT2D eigenvalue weighted by molar-refractivity contribution is 0.101. The van der Waals surface area contributed by atoms with Gasteiger partial charge in [-0.2, -0.15) is 5.10 Å². The molecule has 31 heavy (non-hydrogen) atoms. The van der Waals surface area contributed by atoms with Gasteiger partial charge in [0.25, 0.3) is 5.91 Å². The SMILES string of the molecule is COCC(C)NS(=O)(=O)c1ccc(NC(=O)c2nn(-c3ccccc3)cc2OC)cc1. The van der Waals surface area contributed by atoms with Crippen molar-refractivity contribution in [3.05, 3.63) is 66.5 Å². The average molecular weight is 445 g/mol. The first-order valence-corrected chi connectivity index (χ1v) is 10.9. The van der Waals surface area contributed by atoms with Crippen LogP contribution in [0.4, 0.5) is 5.69 Å². The van der Waals surface area contributed by atoms with Gasteiger partial charge in [-0.3, -0.25) is 4.79 Å². The first kappa shape index (κ1) is 22.5. The number of nitrogens with zero attached hydrogens (tertiary/aromatic N) is 2. The number of aromatic nitrogens is 2. The molecule has 2 aromatic carbocycles. The maximum atomic E-state index is 12.7. The number of hydrogen-bond acceptors (Lipinski definition) is 6. The molecule has 0 aliphatic rings. The third-order valence-electron chi connectivity index (χ3n) is 4.33. The molecule has 0 bridgehead atoms. The quantitative estimate of drug-likeness (QED) is 0.524. The van der Waals surface area contributed by atoms with Gasteiger partial charge in [0.1, 0.15) is 0 Å². The van der Waals surface area contributed by atoms with Crippen LogP contribution < -0.4 is 14.8 Å². The fraction of sp³-hybridized carbons (Fsp3) is 0.238. The molecule has 0 aliphatic carbocycles. The molecule has 0 saturated heterocycles. The number of ether oxygens (including phenoxy) is 2. The molecule has 1 unspecified atom stereocenters. The molecule has 3 aromatic rings. The van der Waals surface area contributed by atoms with Crippen molar-refractivity contribution in [2.45, 2.75) is 17.9 Å². The topological polar surface area (TPSA) is 112 Å².